The van der Waals surface area contributed by atoms with Gasteiger partial charge >= 0.3 is 12.1 Å². The van der Waals surface area contributed by atoms with Gasteiger partial charge in [0.1, 0.15) is 6.61 Å². The SMILES string of the molecule is CN1C(=O)OCC1C(=O)ON1C(=O)c2ccccc2C1=O. The summed E-state index contributed by atoms with van der Waals surface area (Å²) in [5.74, 6) is -2.33. The van der Waals surface area contributed by atoms with Gasteiger partial charge in [-0.3, -0.25) is 14.5 Å². The first-order chi connectivity index (χ1) is 10.0. The summed E-state index contributed by atoms with van der Waals surface area (Å²) in [4.78, 5) is 53.1. The Balaban J connectivity index is 1.78. The summed E-state index contributed by atoms with van der Waals surface area (Å²) >= 11 is 0. The van der Waals surface area contributed by atoms with Gasteiger partial charge in [0.05, 0.1) is 11.1 Å². The van der Waals surface area contributed by atoms with Crippen LogP contribution in [0.5, 0.6) is 0 Å². The number of hydrogen-bond acceptors (Lipinski definition) is 6. The highest BCUT2D eigenvalue weighted by molar-refractivity contribution is 6.20. The van der Waals surface area contributed by atoms with Gasteiger partial charge in [0, 0.05) is 7.05 Å². The van der Waals surface area contributed by atoms with Gasteiger partial charge in [-0.25, -0.2) is 9.59 Å². The minimum absolute atomic E-state index is 0.169. The van der Waals surface area contributed by atoms with Crippen molar-refractivity contribution >= 4 is 23.9 Å². The lowest BCUT2D eigenvalue weighted by atomic mass is 10.1. The third-order valence-electron chi connectivity index (χ3n) is 3.33. The lowest BCUT2D eigenvalue weighted by Gasteiger charge is -2.18. The Kier molecular flexibility index (Phi) is 2.86. The molecule has 21 heavy (non-hydrogen) atoms. The standard InChI is InChI=1S/C13H10N2O6/c1-14-9(6-20-13(14)19)12(18)21-15-10(16)7-4-2-3-5-8(7)11(15)17/h2-5,9H,6H2,1H3. The molecule has 0 saturated carbocycles. The van der Waals surface area contributed by atoms with E-state index in [0.717, 1.165) is 4.90 Å². The van der Waals surface area contributed by atoms with E-state index in [9.17, 15) is 19.2 Å². The number of fused-ring (bicyclic) bond motifs is 1. The fourth-order valence-corrected chi connectivity index (χ4v) is 2.12. The second-order valence-corrected chi connectivity index (χ2v) is 4.56. The fraction of sp³-hybridized carbons (Fsp3) is 0.231. The van der Waals surface area contributed by atoms with Gasteiger partial charge in [-0.1, -0.05) is 17.2 Å². The molecule has 2 aliphatic heterocycles. The summed E-state index contributed by atoms with van der Waals surface area (Å²) in [5, 5.41) is 0.406. The van der Waals surface area contributed by atoms with Gasteiger partial charge in [0.25, 0.3) is 11.8 Å². The van der Waals surface area contributed by atoms with Crippen molar-refractivity contribution in [1.29, 1.82) is 0 Å². The second-order valence-electron chi connectivity index (χ2n) is 4.56. The van der Waals surface area contributed by atoms with Crippen LogP contribution < -0.4 is 0 Å². The van der Waals surface area contributed by atoms with E-state index in [1.807, 2.05) is 0 Å². The smallest absolute Gasteiger partial charge is 0.410 e. The summed E-state index contributed by atoms with van der Waals surface area (Å²) in [6.45, 7) is -0.183. The van der Waals surface area contributed by atoms with E-state index in [2.05, 4.69) is 4.74 Å². The first-order valence-electron chi connectivity index (χ1n) is 6.10. The van der Waals surface area contributed by atoms with Crippen molar-refractivity contribution in [3.8, 4) is 0 Å². The first-order valence-corrected chi connectivity index (χ1v) is 6.10. The molecule has 0 N–H and O–H groups in total. The van der Waals surface area contributed by atoms with Crippen LogP contribution in [0.3, 0.4) is 0 Å². The Morgan fingerprint density at radius 3 is 2.24 bits per heavy atom. The molecule has 0 aliphatic carbocycles. The van der Waals surface area contributed by atoms with Gasteiger partial charge in [-0.05, 0) is 12.1 Å². The number of ether oxygens (including phenoxy) is 1. The molecule has 0 bridgehead atoms. The highest BCUT2D eigenvalue weighted by Gasteiger charge is 2.43. The van der Waals surface area contributed by atoms with Gasteiger partial charge < -0.3 is 9.57 Å². The topological polar surface area (TPSA) is 93.2 Å². The summed E-state index contributed by atoms with van der Waals surface area (Å²) in [5.41, 5.74) is 0.338. The zero-order valence-electron chi connectivity index (χ0n) is 10.9. The zero-order valence-corrected chi connectivity index (χ0v) is 10.9. The lowest BCUT2D eigenvalue weighted by molar-refractivity contribution is -0.172. The number of carbonyl (C=O) groups excluding carboxylic acids is 4. The van der Waals surface area contributed by atoms with Gasteiger partial charge in [-0.2, -0.15) is 0 Å². The van der Waals surface area contributed by atoms with Crippen molar-refractivity contribution in [3.05, 3.63) is 35.4 Å². The molecule has 0 radical (unpaired) electrons. The summed E-state index contributed by atoms with van der Waals surface area (Å²) in [6, 6.07) is 5.16. The minimum atomic E-state index is -0.984. The van der Waals surface area contributed by atoms with Crippen molar-refractivity contribution in [3.63, 3.8) is 0 Å². The monoisotopic (exact) mass is 290 g/mol. The molecular formula is C13H10N2O6. The van der Waals surface area contributed by atoms with E-state index < -0.39 is 29.9 Å². The van der Waals surface area contributed by atoms with Crippen molar-refractivity contribution < 1.29 is 28.8 Å². The molecule has 1 aromatic rings. The molecule has 1 unspecified atom stereocenters. The Bertz CT molecular complexity index is 635. The fourth-order valence-electron chi connectivity index (χ4n) is 2.12. The molecule has 108 valence electrons. The number of benzene rings is 1. The maximum absolute atomic E-state index is 12.0. The molecule has 2 aliphatic rings. The molecule has 1 atom stereocenters. The van der Waals surface area contributed by atoms with E-state index >= 15 is 0 Å². The highest BCUT2D eigenvalue weighted by atomic mass is 16.7. The predicted molar refractivity (Wildman–Crippen MR) is 65.9 cm³/mol. The molecule has 3 rings (SSSR count). The van der Waals surface area contributed by atoms with E-state index in [4.69, 9.17) is 4.84 Å². The quantitative estimate of drug-likeness (QED) is 0.722. The molecule has 1 fully saturated rings. The Labute approximate surface area is 118 Å². The second kappa shape index (κ2) is 4.58. The Morgan fingerprint density at radius 2 is 1.76 bits per heavy atom. The molecular weight excluding hydrogens is 280 g/mol. The molecule has 3 amide bonds. The van der Waals surface area contributed by atoms with Crippen LogP contribution in [0.15, 0.2) is 24.3 Å². The predicted octanol–water partition coefficient (Wildman–Crippen LogP) is 0.191. The van der Waals surface area contributed by atoms with Crippen LogP contribution in [0.25, 0.3) is 0 Å². The molecule has 2 heterocycles. The van der Waals surface area contributed by atoms with E-state index in [0.29, 0.717) is 5.06 Å². The zero-order chi connectivity index (χ0) is 15.1. The molecule has 0 aromatic heterocycles. The van der Waals surface area contributed by atoms with E-state index in [1.165, 1.54) is 19.2 Å². The summed E-state index contributed by atoms with van der Waals surface area (Å²) in [7, 11) is 1.36. The van der Waals surface area contributed by atoms with Crippen LogP contribution in [0.4, 0.5) is 4.79 Å². The number of cyclic esters (lactones) is 1. The minimum Gasteiger partial charge on any atom is -0.447 e. The van der Waals surface area contributed by atoms with Crippen LogP contribution >= 0.6 is 0 Å². The maximum Gasteiger partial charge on any atom is 0.410 e. The van der Waals surface area contributed by atoms with Crippen LogP contribution in [0.1, 0.15) is 20.7 Å². The number of rotatable bonds is 2. The molecule has 1 aromatic carbocycles. The van der Waals surface area contributed by atoms with Gasteiger partial charge in [0.2, 0.25) is 0 Å². The summed E-state index contributed by atoms with van der Waals surface area (Å²) in [6.07, 6.45) is -0.667. The van der Waals surface area contributed by atoms with Crippen molar-refractivity contribution in [2.75, 3.05) is 13.7 Å². The number of carbonyl (C=O) groups is 4. The van der Waals surface area contributed by atoms with Crippen molar-refractivity contribution in [2.45, 2.75) is 6.04 Å². The number of nitrogens with zero attached hydrogens (tertiary/aromatic N) is 2. The molecule has 0 spiro atoms. The highest BCUT2D eigenvalue weighted by Crippen LogP contribution is 2.23. The molecule has 8 heteroatoms. The largest absolute Gasteiger partial charge is 0.447 e. The van der Waals surface area contributed by atoms with Crippen molar-refractivity contribution in [2.24, 2.45) is 0 Å². The van der Waals surface area contributed by atoms with Gasteiger partial charge in [0.15, 0.2) is 6.04 Å². The van der Waals surface area contributed by atoms with Crippen LogP contribution in [-0.4, -0.2) is 53.5 Å². The number of hydrogen-bond donors (Lipinski definition) is 0. The molecule has 8 nitrogen and oxygen atoms in total. The molecule has 1 saturated heterocycles. The van der Waals surface area contributed by atoms with E-state index in [1.54, 1.807) is 12.1 Å². The lowest BCUT2D eigenvalue weighted by Crippen LogP contribution is -2.42. The van der Waals surface area contributed by atoms with Crippen LogP contribution in [0.2, 0.25) is 0 Å². The number of hydroxylamine groups is 2. The first kappa shape index (κ1) is 13.1. The number of imide groups is 1. The Morgan fingerprint density at radius 1 is 1.19 bits per heavy atom. The third-order valence-corrected chi connectivity index (χ3v) is 3.33. The average Bonchev–Trinajstić information content (AvgIpc) is 2.93. The third kappa shape index (κ3) is 1.92. The normalized spacial score (nSPS) is 20.6. The maximum atomic E-state index is 12.0. The van der Waals surface area contributed by atoms with Crippen LogP contribution in [-0.2, 0) is 14.4 Å². The van der Waals surface area contributed by atoms with Gasteiger partial charge in [-0.15, -0.1) is 0 Å². The summed E-state index contributed by atoms with van der Waals surface area (Å²) < 4.78 is 4.68. The average molecular weight is 290 g/mol. The van der Waals surface area contributed by atoms with Crippen LogP contribution in [0, 0.1) is 0 Å². The number of amides is 3. The number of likely N-dealkylation sites (N-methyl/N-ethyl adjacent to an activating group) is 1. The van der Waals surface area contributed by atoms with Crippen molar-refractivity contribution in [1.82, 2.24) is 9.96 Å². The Hall–Kier alpha value is -2.90. The van der Waals surface area contributed by atoms with E-state index in [-0.39, 0.29) is 17.7 Å².